The Bertz CT molecular complexity index is 11.1. The molecule has 5 heavy (non-hydrogen) atoms. The van der Waals surface area contributed by atoms with Crippen LogP contribution in [0.25, 0.3) is 0 Å². The maximum atomic E-state index is 2.70. The van der Waals surface area contributed by atoms with Gasteiger partial charge in [-0.2, -0.15) is 0 Å². The van der Waals surface area contributed by atoms with Gasteiger partial charge in [0, 0.05) is 0 Å². The van der Waals surface area contributed by atoms with Crippen LogP contribution in [0.2, 0.25) is 5.28 Å². The van der Waals surface area contributed by atoms with E-state index < -0.39 is 0 Å². The van der Waals surface area contributed by atoms with Crippen LogP contribution in [0.15, 0.2) is 0 Å². The molecule has 0 amide bonds. The van der Waals surface area contributed by atoms with E-state index in [4.69, 9.17) is 0 Å². The van der Waals surface area contributed by atoms with E-state index in [1.807, 2.05) is 0 Å². The Morgan fingerprint density at radius 3 is 2.20 bits per heavy atom. The quantitative estimate of drug-likeness (QED) is 0.443. The van der Waals surface area contributed by atoms with Gasteiger partial charge in [-0.15, -0.1) is 0 Å². The molecular weight excluding hydrogens is 75.0 g/mol. The third-order valence-electron chi connectivity index (χ3n) is 0.558. The summed E-state index contributed by atoms with van der Waals surface area (Å²) in [6, 6.07) is 0. The fourth-order valence-electron chi connectivity index (χ4n) is 0.204. The topological polar surface area (TPSA) is 0 Å². The molecular formula is C4H9Al+. The predicted octanol–water partition coefficient (Wildman–Crippen LogP) is 1.37. The van der Waals surface area contributed by atoms with Gasteiger partial charge in [0.1, 0.15) is 0 Å². The molecule has 0 heterocycles. The van der Waals surface area contributed by atoms with E-state index in [-0.39, 0.29) is 0 Å². The summed E-state index contributed by atoms with van der Waals surface area (Å²) in [6.45, 7) is 2.20. The molecule has 0 saturated carbocycles. The van der Waals surface area contributed by atoms with Crippen LogP contribution in [0, 0.1) is 0 Å². The zero-order valence-corrected chi connectivity index (χ0v) is 4.85. The average Bonchev–Trinajstić information content (AvgIpc) is 1.41. The minimum absolute atomic E-state index is 1.26. The van der Waals surface area contributed by atoms with Crippen LogP contribution in [-0.4, -0.2) is 16.3 Å². The van der Waals surface area contributed by atoms with Gasteiger partial charge in [-0.1, -0.05) is 0 Å². The van der Waals surface area contributed by atoms with Gasteiger partial charge in [-0.05, 0) is 0 Å². The van der Waals surface area contributed by atoms with E-state index in [9.17, 15) is 0 Å². The molecule has 0 rings (SSSR count). The van der Waals surface area contributed by atoms with Crippen molar-refractivity contribution in [2.24, 2.45) is 0 Å². The normalized spacial score (nSPS) is 8.00. The van der Waals surface area contributed by atoms with Crippen molar-refractivity contribution in [2.45, 2.75) is 25.0 Å². The third-order valence-corrected chi connectivity index (χ3v) is 0.966. The molecule has 0 spiro atoms. The SMILES string of the molecule is CCC[CH2][Al+]. The van der Waals surface area contributed by atoms with E-state index >= 15 is 0 Å². The van der Waals surface area contributed by atoms with Crippen molar-refractivity contribution in [3.63, 3.8) is 0 Å². The number of hydrogen-bond acceptors (Lipinski definition) is 0. The molecule has 0 N–H and O–H groups in total. The Hall–Kier alpha value is 0.532. The molecule has 0 aromatic rings. The van der Waals surface area contributed by atoms with Gasteiger partial charge in [-0.25, -0.2) is 0 Å². The van der Waals surface area contributed by atoms with Crippen LogP contribution >= 0.6 is 0 Å². The summed E-state index contributed by atoms with van der Waals surface area (Å²) in [4.78, 5) is 0. The molecule has 0 unspecified atom stereocenters. The van der Waals surface area contributed by atoms with Crippen molar-refractivity contribution < 1.29 is 0 Å². The molecule has 0 aromatic heterocycles. The van der Waals surface area contributed by atoms with Crippen LogP contribution < -0.4 is 0 Å². The average molecular weight is 84.1 g/mol. The van der Waals surface area contributed by atoms with E-state index in [1.54, 1.807) is 0 Å². The van der Waals surface area contributed by atoms with Crippen molar-refractivity contribution in [2.75, 3.05) is 0 Å². The molecule has 0 aromatic carbocycles. The first-order chi connectivity index (χ1) is 2.41. The van der Waals surface area contributed by atoms with Gasteiger partial charge in [0.15, 0.2) is 0 Å². The Morgan fingerprint density at radius 1 is 1.60 bits per heavy atom. The third kappa shape index (κ3) is 4.53. The van der Waals surface area contributed by atoms with Crippen molar-refractivity contribution in [3.8, 4) is 0 Å². The van der Waals surface area contributed by atoms with Gasteiger partial charge in [0.05, 0.1) is 0 Å². The van der Waals surface area contributed by atoms with Crippen LogP contribution in [-0.2, 0) is 0 Å². The molecule has 1 radical (unpaired) electrons. The molecule has 0 aliphatic heterocycles. The van der Waals surface area contributed by atoms with Crippen molar-refractivity contribution in [3.05, 3.63) is 0 Å². The molecule has 0 saturated heterocycles. The summed E-state index contributed by atoms with van der Waals surface area (Å²) in [5.74, 6) is 0. The maximum absolute atomic E-state index is 2.70. The Balaban J connectivity index is 2.19. The van der Waals surface area contributed by atoms with Gasteiger partial charge in [0.2, 0.25) is 0 Å². The molecule has 27 valence electrons. The van der Waals surface area contributed by atoms with Gasteiger partial charge in [-0.3, -0.25) is 0 Å². The fraction of sp³-hybridized carbons (Fsp3) is 1.00. The van der Waals surface area contributed by atoms with E-state index in [0.717, 1.165) is 0 Å². The molecule has 0 aliphatic rings. The van der Waals surface area contributed by atoms with Gasteiger partial charge < -0.3 is 0 Å². The van der Waals surface area contributed by atoms with Gasteiger partial charge in [0.25, 0.3) is 0 Å². The van der Waals surface area contributed by atoms with E-state index in [0.29, 0.717) is 0 Å². The van der Waals surface area contributed by atoms with Crippen molar-refractivity contribution in [1.29, 1.82) is 0 Å². The predicted molar refractivity (Wildman–Crippen MR) is 25.5 cm³/mol. The Kier molecular flexibility index (Phi) is 5.02. The van der Waals surface area contributed by atoms with Crippen LogP contribution in [0.3, 0.4) is 0 Å². The molecule has 0 fully saturated rings. The molecule has 0 nitrogen and oxygen atoms in total. The van der Waals surface area contributed by atoms with Crippen LogP contribution in [0.1, 0.15) is 19.8 Å². The number of hydrogen-bond donors (Lipinski definition) is 0. The van der Waals surface area contributed by atoms with Crippen molar-refractivity contribution >= 4 is 16.3 Å². The van der Waals surface area contributed by atoms with Crippen LogP contribution in [0.4, 0.5) is 0 Å². The zero-order chi connectivity index (χ0) is 4.12. The Labute approximate surface area is 42.0 Å². The molecule has 0 aliphatic carbocycles. The number of rotatable bonds is 2. The van der Waals surface area contributed by atoms with Crippen molar-refractivity contribution in [1.82, 2.24) is 0 Å². The minimum atomic E-state index is 1.26. The molecule has 0 atom stereocenters. The molecule has 0 bridgehead atoms. The summed E-state index contributed by atoms with van der Waals surface area (Å²) in [5.41, 5.74) is 0. The second-order valence-electron chi connectivity index (χ2n) is 1.14. The second-order valence-corrected chi connectivity index (χ2v) is 1.72. The Morgan fingerprint density at radius 2 is 2.20 bits per heavy atom. The van der Waals surface area contributed by atoms with Crippen LogP contribution in [0.5, 0.6) is 0 Å². The summed E-state index contributed by atoms with van der Waals surface area (Å²) >= 11 is 2.70. The summed E-state index contributed by atoms with van der Waals surface area (Å²) in [6.07, 6.45) is 2.67. The monoisotopic (exact) mass is 84.1 g/mol. The summed E-state index contributed by atoms with van der Waals surface area (Å²) < 4.78 is 0. The first-order valence-electron chi connectivity index (χ1n) is 2.12. The zero-order valence-electron chi connectivity index (χ0n) is 3.70. The van der Waals surface area contributed by atoms with E-state index in [1.165, 1.54) is 18.1 Å². The summed E-state index contributed by atoms with van der Waals surface area (Å²) in [7, 11) is 0. The number of unbranched alkanes of at least 4 members (excludes halogenated alkanes) is 1. The van der Waals surface area contributed by atoms with E-state index in [2.05, 4.69) is 23.2 Å². The first kappa shape index (κ1) is 5.53. The first-order valence-corrected chi connectivity index (χ1v) is 2.93. The second kappa shape index (κ2) is 4.53. The summed E-state index contributed by atoms with van der Waals surface area (Å²) in [5, 5.41) is 1.26. The fourth-order valence-corrected chi connectivity index (χ4v) is 0.612. The van der Waals surface area contributed by atoms with Gasteiger partial charge >= 0.3 is 41.3 Å². The standard InChI is InChI=1S/C4H9.Al/c1-3-4-2;/h1,3-4H2,2H3;/q;+1. The molecule has 1 heteroatoms.